The molecule has 226 valence electrons. The van der Waals surface area contributed by atoms with Gasteiger partial charge in [-0.3, -0.25) is 14.4 Å². The van der Waals surface area contributed by atoms with E-state index in [1.165, 1.54) is 0 Å². The van der Waals surface area contributed by atoms with Crippen LogP contribution < -0.4 is 15.4 Å². The molecule has 0 fully saturated rings. The van der Waals surface area contributed by atoms with E-state index in [9.17, 15) is 19.5 Å². The van der Waals surface area contributed by atoms with E-state index in [1.807, 2.05) is 97.1 Å². The van der Waals surface area contributed by atoms with Crippen molar-refractivity contribution in [1.82, 2.24) is 10.6 Å². The summed E-state index contributed by atoms with van der Waals surface area (Å²) in [5, 5.41) is 15.9. The lowest BCUT2D eigenvalue weighted by molar-refractivity contribution is -0.145. The van der Waals surface area contributed by atoms with Crippen LogP contribution in [0.15, 0.2) is 97.1 Å². The van der Waals surface area contributed by atoms with Crippen molar-refractivity contribution in [2.45, 2.75) is 57.2 Å². The molecule has 0 bridgehead atoms. The molecule has 1 aliphatic rings. The minimum absolute atomic E-state index is 0.0310. The van der Waals surface area contributed by atoms with Crippen LogP contribution in [0, 0.1) is 5.92 Å². The number of allylic oxidation sites excluding steroid dienone is 2. The highest BCUT2D eigenvalue weighted by atomic mass is 16.5. The number of amides is 2. The van der Waals surface area contributed by atoms with Gasteiger partial charge in [-0.1, -0.05) is 84.9 Å². The predicted molar refractivity (Wildman–Crippen MR) is 164 cm³/mol. The van der Waals surface area contributed by atoms with Gasteiger partial charge in [0.1, 0.15) is 19.0 Å². The molecule has 0 spiro atoms. The third kappa shape index (κ3) is 11.1. The molecule has 0 radical (unpaired) electrons. The maximum absolute atomic E-state index is 13.3. The third-order valence-electron chi connectivity index (χ3n) is 7.26. The van der Waals surface area contributed by atoms with Gasteiger partial charge in [-0.15, -0.1) is 0 Å². The van der Waals surface area contributed by atoms with Gasteiger partial charge in [0, 0.05) is 12.8 Å². The number of aliphatic hydroxyl groups is 1. The Balaban J connectivity index is 1.33. The molecule has 3 atom stereocenters. The van der Waals surface area contributed by atoms with Crippen LogP contribution in [-0.2, 0) is 38.6 Å². The molecule has 0 unspecified atom stereocenters. The van der Waals surface area contributed by atoms with Crippen molar-refractivity contribution >= 4 is 17.8 Å². The first kappa shape index (κ1) is 31.5. The van der Waals surface area contributed by atoms with E-state index >= 15 is 0 Å². The summed E-state index contributed by atoms with van der Waals surface area (Å²) in [5.74, 6) is -0.764. The zero-order valence-corrected chi connectivity index (χ0v) is 24.3. The number of hydrogen-bond donors (Lipinski definition) is 3. The molecule has 1 heterocycles. The van der Waals surface area contributed by atoms with Crippen LogP contribution in [0.25, 0.3) is 0 Å². The van der Waals surface area contributed by atoms with Crippen LogP contribution in [0.2, 0.25) is 0 Å². The second-order valence-electron chi connectivity index (χ2n) is 10.8. The van der Waals surface area contributed by atoms with E-state index in [-0.39, 0.29) is 43.8 Å². The SMILES string of the molecule is O=C(C[C@H]1CC=CCCC(=O)OC[C@@H](Cc2ccccc2)NC1=O)N[C@H](CO)Cc1ccc(OCc2ccccc2)cc1. The van der Waals surface area contributed by atoms with Crippen molar-refractivity contribution in [3.8, 4) is 5.75 Å². The Morgan fingerprint density at radius 1 is 0.930 bits per heavy atom. The first-order valence-corrected chi connectivity index (χ1v) is 14.8. The highest BCUT2D eigenvalue weighted by molar-refractivity contribution is 5.86. The van der Waals surface area contributed by atoms with E-state index in [2.05, 4.69) is 10.6 Å². The number of hydrogen-bond acceptors (Lipinski definition) is 6. The van der Waals surface area contributed by atoms with E-state index in [0.717, 1.165) is 22.4 Å². The maximum atomic E-state index is 13.3. The van der Waals surface area contributed by atoms with Gasteiger partial charge in [-0.05, 0) is 54.5 Å². The Labute approximate surface area is 253 Å². The first-order chi connectivity index (χ1) is 21.0. The molecule has 0 saturated carbocycles. The molecule has 43 heavy (non-hydrogen) atoms. The monoisotopic (exact) mass is 584 g/mol. The van der Waals surface area contributed by atoms with E-state index in [0.29, 0.717) is 32.3 Å². The van der Waals surface area contributed by atoms with Crippen molar-refractivity contribution in [3.63, 3.8) is 0 Å². The molecular weight excluding hydrogens is 544 g/mol. The molecule has 1 aliphatic heterocycles. The Bertz CT molecular complexity index is 1330. The van der Waals surface area contributed by atoms with Gasteiger partial charge < -0.3 is 25.2 Å². The van der Waals surface area contributed by atoms with Gasteiger partial charge in [-0.25, -0.2) is 0 Å². The maximum Gasteiger partial charge on any atom is 0.306 e. The highest BCUT2D eigenvalue weighted by Crippen LogP contribution is 2.17. The lowest BCUT2D eigenvalue weighted by atomic mass is 9.97. The van der Waals surface area contributed by atoms with Gasteiger partial charge in [0.05, 0.1) is 24.6 Å². The number of ether oxygens (including phenoxy) is 2. The Hall–Kier alpha value is -4.43. The topological polar surface area (TPSA) is 114 Å². The molecule has 8 heteroatoms. The fourth-order valence-corrected chi connectivity index (χ4v) is 4.92. The molecular formula is C35H40N2O6. The van der Waals surface area contributed by atoms with Crippen molar-refractivity contribution in [2.24, 2.45) is 5.92 Å². The van der Waals surface area contributed by atoms with E-state index < -0.39 is 18.0 Å². The molecule has 0 aliphatic carbocycles. The summed E-state index contributed by atoms with van der Waals surface area (Å²) >= 11 is 0. The number of esters is 1. The number of carbonyl (C=O) groups is 3. The van der Waals surface area contributed by atoms with Gasteiger partial charge in [-0.2, -0.15) is 0 Å². The van der Waals surface area contributed by atoms with Crippen LogP contribution in [-0.4, -0.2) is 48.2 Å². The number of rotatable bonds is 11. The number of nitrogens with one attached hydrogen (secondary N) is 2. The zero-order valence-electron chi connectivity index (χ0n) is 24.3. The van der Waals surface area contributed by atoms with Crippen LogP contribution >= 0.6 is 0 Å². The summed E-state index contributed by atoms with van der Waals surface area (Å²) in [6, 6.07) is 26.2. The van der Waals surface area contributed by atoms with E-state index in [4.69, 9.17) is 9.47 Å². The average Bonchev–Trinajstić information content (AvgIpc) is 3.02. The number of cyclic esters (lactones) is 1. The average molecular weight is 585 g/mol. The molecule has 0 saturated heterocycles. The largest absolute Gasteiger partial charge is 0.489 e. The Morgan fingerprint density at radius 2 is 1.63 bits per heavy atom. The van der Waals surface area contributed by atoms with Crippen molar-refractivity contribution in [1.29, 1.82) is 0 Å². The quantitative estimate of drug-likeness (QED) is 0.229. The molecule has 3 N–H and O–H groups in total. The standard InChI is InChI=1S/C35H40N2O6/c38-23-30(20-27-16-18-32(19-17-27)42-24-28-12-6-2-7-13-28)36-33(39)22-29-14-8-3-9-15-34(40)43-25-31(37-35(29)41)21-26-10-4-1-5-11-26/h1-8,10-13,16-19,29-31,38H,9,14-15,20-25H2,(H,36,39)(H,37,41)/t29-,30+,31-/m1/s1. The minimum Gasteiger partial charge on any atom is -0.489 e. The van der Waals surface area contributed by atoms with Crippen LogP contribution in [0.5, 0.6) is 5.75 Å². The smallest absolute Gasteiger partial charge is 0.306 e. The summed E-state index contributed by atoms with van der Waals surface area (Å²) in [6.07, 6.45) is 5.70. The predicted octanol–water partition coefficient (Wildman–Crippen LogP) is 4.30. The van der Waals surface area contributed by atoms with Crippen LogP contribution in [0.3, 0.4) is 0 Å². The summed E-state index contributed by atoms with van der Waals surface area (Å²) in [6.45, 7) is 0.293. The second-order valence-corrected chi connectivity index (χ2v) is 10.8. The van der Waals surface area contributed by atoms with Crippen LogP contribution in [0.4, 0.5) is 0 Å². The Morgan fingerprint density at radius 3 is 2.33 bits per heavy atom. The highest BCUT2D eigenvalue weighted by Gasteiger charge is 2.26. The zero-order chi connectivity index (χ0) is 30.3. The molecule has 8 nitrogen and oxygen atoms in total. The first-order valence-electron chi connectivity index (χ1n) is 14.8. The molecule has 3 aromatic carbocycles. The van der Waals surface area contributed by atoms with Gasteiger partial charge in [0.15, 0.2) is 0 Å². The summed E-state index contributed by atoms with van der Waals surface area (Å²) in [7, 11) is 0. The molecule has 3 aromatic rings. The van der Waals surface area contributed by atoms with Gasteiger partial charge in [0.25, 0.3) is 0 Å². The summed E-state index contributed by atoms with van der Waals surface area (Å²) < 4.78 is 11.3. The summed E-state index contributed by atoms with van der Waals surface area (Å²) in [5.41, 5.74) is 3.03. The fraction of sp³-hybridized carbons (Fsp3) is 0.343. The minimum atomic E-state index is -0.606. The Kier molecular flexibility index (Phi) is 12.4. The lowest BCUT2D eigenvalue weighted by Crippen LogP contribution is -2.45. The number of benzene rings is 3. The molecule has 2 amide bonds. The second kappa shape index (κ2) is 16.9. The van der Waals surface area contributed by atoms with E-state index in [1.54, 1.807) is 0 Å². The normalized spacial score (nSPS) is 18.3. The van der Waals surface area contributed by atoms with Crippen molar-refractivity contribution in [2.75, 3.05) is 13.2 Å². The summed E-state index contributed by atoms with van der Waals surface area (Å²) in [4.78, 5) is 38.5. The molecule has 4 rings (SSSR count). The molecule has 0 aromatic heterocycles. The van der Waals surface area contributed by atoms with Crippen LogP contribution in [0.1, 0.15) is 42.4 Å². The van der Waals surface area contributed by atoms with Crippen molar-refractivity contribution < 1.29 is 29.0 Å². The number of carbonyl (C=O) groups excluding carboxylic acids is 3. The third-order valence-corrected chi connectivity index (χ3v) is 7.26. The van der Waals surface area contributed by atoms with Gasteiger partial charge in [0.2, 0.25) is 11.8 Å². The fourth-order valence-electron chi connectivity index (χ4n) is 4.92. The van der Waals surface area contributed by atoms with Gasteiger partial charge >= 0.3 is 5.97 Å². The van der Waals surface area contributed by atoms with Crippen molar-refractivity contribution in [3.05, 3.63) is 114 Å². The lowest BCUT2D eigenvalue weighted by Gasteiger charge is -2.24. The number of aliphatic hydroxyl groups excluding tert-OH is 1.